The van der Waals surface area contributed by atoms with Crippen LogP contribution in [0.15, 0.2) is 36.4 Å². The minimum absolute atomic E-state index is 1.03. The van der Waals surface area contributed by atoms with Gasteiger partial charge in [-0.3, -0.25) is 0 Å². The van der Waals surface area contributed by atoms with E-state index in [0.717, 1.165) is 47.8 Å². The summed E-state index contributed by atoms with van der Waals surface area (Å²) in [5, 5.41) is 2.11. The van der Waals surface area contributed by atoms with E-state index >= 15 is 0 Å². The van der Waals surface area contributed by atoms with Crippen LogP contribution in [0.4, 0.5) is 0 Å². The molecule has 0 fully saturated rings. The van der Waals surface area contributed by atoms with Crippen molar-refractivity contribution in [3.63, 3.8) is 0 Å². The number of unbranched alkanes of at least 4 members (excludes halogenated alkanes) is 2. The summed E-state index contributed by atoms with van der Waals surface area (Å²) in [7, 11) is 0. The molecule has 29 heavy (non-hydrogen) atoms. The van der Waals surface area contributed by atoms with E-state index in [0.29, 0.717) is 0 Å². The Hall–Kier alpha value is -0.800. The second-order valence-corrected chi connectivity index (χ2v) is 9.36. The first-order valence-corrected chi connectivity index (χ1v) is 13.5. The molecule has 1 nitrogen and oxygen atoms in total. The predicted molar refractivity (Wildman–Crippen MR) is 134 cm³/mol. The Bertz CT molecular complexity index is 665. The molecule has 160 valence electrons. The summed E-state index contributed by atoms with van der Waals surface area (Å²) in [5.74, 6) is 2.07. The van der Waals surface area contributed by atoms with Crippen molar-refractivity contribution in [2.75, 3.05) is 10.7 Å². The van der Waals surface area contributed by atoms with E-state index in [9.17, 15) is 0 Å². The first kappa shape index (κ1) is 24.5. The van der Waals surface area contributed by atoms with E-state index in [1.54, 1.807) is 0 Å². The molecule has 0 aromatic heterocycles. The van der Waals surface area contributed by atoms with E-state index in [1.165, 1.54) is 60.8 Å². The third-order valence-corrected chi connectivity index (χ3v) is 6.39. The summed E-state index contributed by atoms with van der Waals surface area (Å²) >= 11 is 7.10. The lowest BCUT2D eigenvalue weighted by molar-refractivity contribution is 0.467. The van der Waals surface area contributed by atoms with Gasteiger partial charge in [0.05, 0.1) is 0 Å². The SMILES string of the molecule is CCCCc1cc(CCCBr)ccc1Oc1ccc(CCCBr)cc1CCCC. The number of hydrogen-bond donors (Lipinski definition) is 0. The fourth-order valence-electron chi connectivity index (χ4n) is 3.56. The predicted octanol–water partition coefficient (Wildman–Crippen LogP) is 8.82. The number of ether oxygens (including phenoxy) is 1. The molecule has 0 atom stereocenters. The summed E-state index contributed by atoms with van der Waals surface area (Å²) < 4.78 is 6.54. The van der Waals surface area contributed by atoms with Gasteiger partial charge in [0.1, 0.15) is 11.5 Å². The Morgan fingerprint density at radius 3 is 1.45 bits per heavy atom. The van der Waals surface area contributed by atoms with Crippen molar-refractivity contribution in [1.29, 1.82) is 0 Å². The van der Waals surface area contributed by atoms with E-state index in [2.05, 4.69) is 82.1 Å². The first-order valence-electron chi connectivity index (χ1n) is 11.2. The van der Waals surface area contributed by atoms with Crippen LogP contribution in [0.1, 0.15) is 74.6 Å². The van der Waals surface area contributed by atoms with Crippen LogP contribution in [0.3, 0.4) is 0 Å². The second kappa shape index (κ2) is 14.2. The van der Waals surface area contributed by atoms with Crippen LogP contribution in [0.2, 0.25) is 0 Å². The Labute approximate surface area is 194 Å². The molecule has 0 radical (unpaired) electrons. The lowest BCUT2D eigenvalue weighted by Crippen LogP contribution is -1.99. The maximum absolute atomic E-state index is 6.54. The molecule has 0 unspecified atom stereocenters. The van der Waals surface area contributed by atoms with Crippen molar-refractivity contribution in [2.45, 2.75) is 78.1 Å². The van der Waals surface area contributed by atoms with Gasteiger partial charge in [-0.2, -0.15) is 0 Å². The molecule has 0 bridgehead atoms. The van der Waals surface area contributed by atoms with Crippen molar-refractivity contribution >= 4 is 31.9 Å². The fraction of sp³-hybridized carbons (Fsp3) is 0.538. The molecule has 2 aromatic carbocycles. The number of rotatable bonds is 14. The van der Waals surface area contributed by atoms with Crippen LogP contribution in [-0.2, 0) is 25.7 Å². The highest BCUT2D eigenvalue weighted by atomic mass is 79.9. The van der Waals surface area contributed by atoms with E-state index in [4.69, 9.17) is 4.74 Å². The smallest absolute Gasteiger partial charge is 0.130 e. The second-order valence-electron chi connectivity index (χ2n) is 7.78. The highest BCUT2D eigenvalue weighted by molar-refractivity contribution is 9.09. The Balaban J connectivity index is 2.27. The number of hydrogen-bond acceptors (Lipinski definition) is 1. The van der Waals surface area contributed by atoms with Crippen LogP contribution in [0, 0.1) is 0 Å². The topological polar surface area (TPSA) is 9.23 Å². The summed E-state index contributed by atoms with van der Waals surface area (Å²) in [6.07, 6.45) is 11.6. The molecule has 2 rings (SSSR count). The van der Waals surface area contributed by atoms with Crippen molar-refractivity contribution < 1.29 is 4.74 Å². The molecule has 0 N–H and O–H groups in total. The third-order valence-electron chi connectivity index (χ3n) is 5.27. The van der Waals surface area contributed by atoms with Gasteiger partial charge in [0.15, 0.2) is 0 Å². The first-order chi connectivity index (χ1) is 14.2. The summed E-state index contributed by atoms with van der Waals surface area (Å²) in [6.45, 7) is 4.51. The summed E-state index contributed by atoms with van der Waals surface area (Å²) in [6, 6.07) is 13.6. The molecule has 2 aromatic rings. The molecule has 0 aliphatic carbocycles. The van der Waals surface area contributed by atoms with E-state index in [-0.39, 0.29) is 0 Å². The van der Waals surface area contributed by atoms with Gasteiger partial charge in [-0.05, 0) is 85.8 Å². The third kappa shape index (κ3) is 8.45. The molecule has 0 amide bonds. The normalized spacial score (nSPS) is 11.0. The van der Waals surface area contributed by atoms with Gasteiger partial charge in [0.2, 0.25) is 0 Å². The minimum atomic E-state index is 1.03. The zero-order valence-electron chi connectivity index (χ0n) is 18.1. The Morgan fingerprint density at radius 1 is 0.621 bits per heavy atom. The summed E-state index contributed by atoms with van der Waals surface area (Å²) in [4.78, 5) is 0. The standard InChI is InChI=1S/C26H36Br2O/c1-3-5-11-23-19-21(9-7-17-27)13-15-25(23)29-26-16-14-22(10-8-18-28)20-24(26)12-6-4-2/h13-16,19-20H,3-12,17-18H2,1-2H3. The summed E-state index contributed by atoms with van der Waals surface area (Å²) in [5.41, 5.74) is 5.53. The van der Waals surface area contributed by atoms with Crippen LogP contribution in [0.5, 0.6) is 11.5 Å². The quantitative estimate of drug-likeness (QED) is 0.225. The van der Waals surface area contributed by atoms with Crippen molar-refractivity contribution in [2.24, 2.45) is 0 Å². The molecule has 0 heterocycles. The number of aryl methyl sites for hydroxylation is 4. The van der Waals surface area contributed by atoms with Gasteiger partial charge in [0, 0.05) is 10.7 Å². The molecule has 0 saturated carbocycles. The van der Waals surface area contributed by atoms with Crippen molar-refractivity contribution in [3.05, 3.63) is 58.7 Å². The van der Waals surface area contributed by atoms with Crippen molar-refractivity contribution in [1.82, 2.24) is 0 Å². The van der Waals surface area contributed by atoms with Crippen LogP contribution >= 0.6 is 31.9 Å². The van der Waals surface area contributed by atoms with E-state index < -0.39 is 0 Å². The maximum atomic E-state index is 6.54. The molecule has 0 aliphatic rings. The highest BCUT2D eigenvalue weighted by Gasteiger charge is 2.11. The minimum Gasteiger partial charge on any atom is -0.457 e. The average Bonchev–Trinajstić information content (AvgIpc) is 2.75. The zero-order chi connectivity index (χ0) is 20.9. The molecule has 0 spiro atoms. The largest absolute Gasteiger partial charge is 0.457 e. The Morgan fingerprint density at radius 2 is 1.07 bits per heavy atom. The number of alkyl halides is 2. The number of halogens is 2. The van der Waals surface area contributed by atoms with Gasteiger partial charge in [-0.25, -0.2) is 0 Å². The molecule has 0 saturated heterocycles. The van der Waals surface area contributed by atoms with Crippen molar-refractivity contribution in [3.8, 4) is 11.5 Å². The lowest BCUT2D eigenvalue weighted by atomic mass is 10.0. The lowest BCUT2D eigenvalue weighted by Gasteiger charge is -2.17. The van der Waals surface area contributed by atoms with Crippen LogP contribution < -0.4 is 4.74 Å². The average molecular weight is 524 g/mol. The van der Waals surface area contributed by atoms with Gasteiger partial charge in [-0.15, -0.1) is 0 Å². The monoisotopic (exact) mass is 522 g/mol. The molecular weight excluding hydrogens is 488 g/mol. The number of benzene rings is 2. The van der Waals surface area contributed by atoms with Gasteiger partial charge < -0.3 is 4.74 Å². The fourth-order valence-corrected chi connectivity index (χ4v) is 4.12. The zero-order valence-corrected chi connectivity index (χ0v) is 21.3. The molecule has 3 heteroatoms. The maximum Gasteiger partial charge on any atom is 0.130 e. The molecule has 0 aliphatic heterocycles. The van der Waals surface area contributed by atoms with Gasteiger partial charge >= 0.3 is 0 Å². The Kier molecular flexibility index (Phi) is 12.0. The van der Waals surface area contributed by atoms with Crippen LogP contribution in [-0.4, -0.2) is 10.7 Å². The molecular formula is C26H36Br2O. The highest BCUT2D eigenvalue weighted by Crippen LogP contribution is 2.32. The van der Waals surface area contributed by atoms with Crippen LogP contribution in [0.25, 0.3) is 0 Å². The van der Waals surface area contributed by atoms with Gasteiger partial charge in [0.25, 0.3) is 0 Å². The van der Waals surface area contributed by atoms with Gasteiger partial charge in [-0.1, -0.05) is 82.8 Å². The van der Waals surface area contributed by atoms with E-state index in [1.807, 2.05) is 0 Å².